The quantitative estimate of drug-likeness (QED) is 0.598. The number of nitro groups is 1. The molecule has 0 aliphatic heterocycles. The maximum atomic E-state index is 10.6. The predicted molar refractivity (Wildman–Crippen MR) is 60.4 cm³/mol. The van der Waals surface area contributed by atoms with E-state index in [-0.39, 0.29) is 12.3 Å². The minimum Gasteiger partial charge on any atom is -0.394 e. The first-order valence-corrected chi connectivity index (χ1v) is 4.86. The molecule has 16 heavy (non-hydrogen) atoms. The summed E-state index contributed by atoms with van der Waals surface area (Å²) in [6.45, 7) is 5.22. The van der Waals surface area contributed by atoms with Gasteiger partial charge in [-0.2, -0.15) is 0 Å². The monoisotopic (exact) mass is 225 g/mol. The first kappa shape index (κ1) is 12.4. The van der Waals surface area contributed by atoms with Gasteiger partial charge in [-0.3, -0.25) is 10.1 Å². The van der Waals surface area contributed by atoms with Crippen LogP contribution in [0.3, 0.4) is 0 Å². The molecule has 2 N–H and O–H groups in total. The van der Waals surface area contributed by atoms with Gasteiger partial charge in [0.2, 0.25) is 0 Å². The molecule has 0 spiro atoms. The molecule has 1 heterocycles. The molecule has 0 bridgehead atoms. The second kappa shape index (κ2) is 4.44. The van der Waals surface area contributed by atoms with E-state index >= 15 is 0 Å². The maximum absolute atomic E-state index is 10.6. The van der Waals surface area contributed by atoms with Crippen molar-refractivity contribution in [2.75, 3.05) is 11.9 Å². The number of aliphatic hydroxyl groups is 1. The molecule has 0 saturated carbocycles. The molecule has 0 amide bonds. The van der Waals surface area contributed by atoms with Gasteiger partial charge in [0.25, 0.3) is 5.69 Å². The molecular weight excluding hydrogens is 210 g/mol. The molecule has 0 aliphatic rings. The van der Waals surface area contributed by atoms with E-state index in [2.05, 4.69) is 10.3 Å². The number of pyridine rings is 1. The first-order chi connectivity index (χ1) is 7.35. The van der Waals surface area contributed by atoms with Crippen molar-refractivity contribution in [3.63, 3.8) is 0 Å². The van der Waals surface area contributed by atoms with Crippen molar-refractivity contribution in [1.82, 2.24) is 4.98 Å². The number of rotatable bonds is 4. The van der Waals surface area contributed by atoms with Crippen molar-refractivity contribution in [2.24, 2.45) is 0 Å². The summed E-state index contributed by atoms with van der Waals surface area (Å²) in [5, 5.41) is 22.6. The standard InChI is InChI=1S/C10H15N3O3/c1-7-4-9(12-10(2,3)6-14)11-5-8(7)13(15)16/h4-5,14H,6H2,1-3H3,(H,11,12). The van der Waals surface area contributed by atoms with E-state index in [4.69, 9.17) is 5.11 Å². The fourth-order valence-electron chi connectivity index (χ4n) is 1.19. The van der Waals surface area contributed by atoms with Gasteiger partial charge in [0.1, 0.15) is 12.0 Å². The van der Waals surface area contributed by atoms with Crippen molar-refractivity contribution < 1.29 is 10.0 Å². The Balaban J connectivity index is 2.94. The number of hydrogen-bond acceptors (Lipinski definition) is 5. The molecular formula is C10H15N3O3. The summed E-state index contributed by atoms with van der Waals surface area (Å²) in [5.41, 5.74) is 0.0267. The SMILES string of the molecule is Cc1cc(NC(C)(C)CO)ncc1[N+](=O)[O-]. The fourth-order valence-corrected chi connectivity index (χ4v) is 1.19. The number of nitrogens with zero attached hydrogens (tertiary/aromatic N) is 2. The van der Waals surface area contributed by atoms with Crippen LogP contribution in [0.5, 0.6) is 0 Å². The average molecular weight is 225 g/mol. The van der Waals surface area contributed by atoms with Crippen molar-refractivity contribution in [3.05, 3.63) is 27.9 Å². The van der Waals surface area contributed by atoms with Crippen LogP contribution in [0, 0.1) is 17.0 Å². The molecule has 1 aromatic heterocycles. The van der Waals surface area contributed by atoms with Gasteiger partial charge in [-0.1, -0.05) is 0 Å². The van der Waals surface area contributed by atoms with E-state index < -0.39 is 10.5 Å². The Labute approximate surface area is 93.5 Å². The van der Waals surface area contributed by atoms with Crippen LogP contribution >= 0.6 is 0 Å². The van der Waals surface area contributed by atoms with E-state index in [0.717, 1.165) is 0 Å². The van der Waals surface area contributed by atoms with Gasteiger partial charge in [0, 0.05) is 5.56 Å². The van der Waals surface area contributed by atoms with Gasteiger partial charge in [-0.05, 0) is 26.8 Å². The van der Waals surface area contributed by atoms with Crippen LogP contribution in [-0.2, 0) is 0 Å². The zero-order valence-corrected chi connectivity index (χ0v) is 9.52. The van der Waals surface area contributed by atoms with Crippen molar-refractivity contribution >= 4 is 11.5 Å². The molecule has 0 unspecified atom stereocenters. The lowest BCUT2D eigenvalue weighted by atomic mass is 10.1. The smallest absolute Gasteiger partial charge is 0.290 e. The molecule has 0 fully saturated rings. The van der Waals surface area contributed by atoms with Crippen molar-refractivity contribution in [1.29, 1.82) is 0 Å². The molecule has 6 nitrogen and oxygen atoms in total. The van der Waals surface area contributed by atoms with Gasteiger partial charge in [-0.25, -0.2) is 4.98 Å². The van der Waals surface area contributed by atoms with Crippen LogP contribution in [0.1, 0.15) is 19.4 Å². The molecule has 0 atom stereocenters. The molecule has 6 heteroatoms. The second-order valence-electron chi connectivity index (χ2n) is 4.28. The lowest BCUT2D eigenvalue weighted by Crippen LogP contribution is -2.35. The molecule has 0 saturated heterocycles. The highest BCUT2D eigenvalue weighted by atomic mass is 16.6. The lowest BCUT2D eigenvalue weighted by molar-refractivity contribution is -0.385. The van der Waals surface area contributed by atoms with E-state index in [0.29, 0.717) is 11.4 Å². The topological polar surface area (TPSA) is 88.3 Å². The Kier molecular flexibility index (Phi) is 3.44. The van der Waals surface area contributed by atoms with Crippen LogP contribution in [-0.4, -0.2) is 27.2 Å². The summed E-state index contributed by atoms with van der Waals surface area (Å²) in [7, 11) is 0. The third kappa shape index (κ3) is 2.90. The molecule has 1 rings (SSSR count). The highest BCUT2D eigenvalue weighted by Crippen LogP contribution is 2.20. The van der Waals surface area contributed by atoms with Crippen LogP contribution < -0.4 is 5.32 Å². The third-order valence-corrected chi connectivity index (χ3v) is 2.14. The number of aliphatic hydroxyl groups excluding tert-OH is 1. The van der Waals surface area contributed by atoms with Gasteiger partial charge in [-0.15, -0.1) is 0 Å². The number of aromatic nitrogens is 1. The zero-order valence-electron chi connectivity index (χ0n) is 9.52. The summed E-state index contributed by atoms with van der Waals surface area (Å²) < 4.78 is 0. The van der Waals surface area contributed by atoms with E-state index in [1.807, 2.05) is 13.8 Å². The maximum Gasteiger partial charge on any atom is 0.290 e. The van der Waals surface area contributed by atoms with E-state index in [1.165, 1.54) is 6.20 Å². The van der Waals surface area contributed by atoms with Crippen LogP contribution in [0.4, 0.5) is 11.5 Å². The average Bonchev–Trinajstić information content (AvgIpc) is 2.16. The normalized spacial score (nSPS) is 11.2. The highest BCUT2D eigenvalue weighted by molar-refractivity contribution is 5.47. The number of nitrogens with one attached hydrogen (secondary N) is 1. The van der Waals surface area contributed by atoms with E-state index in [9.17, 15) is 10.1 Å². The number of aryl methyl sites for hydroxylation is 1. The van der Waals surface area contributed by atoms with Crippen LogP contribution in [0.2, 0.25) is 0 Å². The third-order valence-electron chi connectivity index (χ3n) is 2.14. The van der Waals surface area contributed by atoms with Gasteiger partial charge in [0.05, 0.1) is 17.1 Å². The Morgan fingerprint density at radius 1 is 1.62 bits per heavy atom. The minimum absolute atomic E-state index is 0.00708. The van der Waals surface area contributed by atoms with Gasteiger partial charge >= 0.3 is 0 Å². The van der Waals surface area contributed by atoms with Crippen LogP contribution in [0.25, 0.3) is 0 Å². The molecule has 1 aromatic rings. The minimum atomic E-state index is -0.504. The number of hydrogen-bond donors (Lipinski definition) is 2. The van der Waals surface area contributed by atoms with E-state index in [1.54, 1.807) is 13.0 Å². The summed E-state index contributed by atoms with van der Waals surface area (Å²) >= 11 is 0. The first-order valence-electron chi connectivity index (χ1n) is 4.86. The van der Waals surface area contributed by atoms with Crippen LogP contribution in [0.15, 0.2) is 12.3 Å². The molecule has 0 radical (unpaired) electrons. The lowest BCUT2D eigenvalue weighted by Gasteiger charge is -2.24. The summed E-state index contributed by atoms with van der Waals surface area (Å²) in [5.74, 6) is 0.516. The van der Waals surface area contributed by atoms with Gasteiger partial charge in [0.15, 0.2) is 0 Å². The van der Waals surface area contributed by atoms with Crippen molar-refractivity contribution in [2.45, 2.75) is 26.3 Å². The summed E-state index contributed by atoms with van der Waals surface area (Å²) in [6.07, 6.45) is 1.21. The second-order valence-corrected chi connectivity index (χ2v) is 4.28. The van der Waals surface area contributed by atoms with Gasteiger partial charge < -0.3 is 10.4 Å². The molecule has 0 aliphatic carbocycles. The predicted octanol–water partition coefficient (Wildman–Crippen LogP) is 1.48. The Morgan fingerprint density at radius 2 is 2.25 bits per heavy atom. The largest absolute Gasteiger partial charge is 0.394 e. The van der Waals surface area contributed by atoms with Crippen molar-refractivity contribution in [3.8, 4) is 0 Å². The molecule has 0 aromatic carbocycles. The Bertz CT molecular complexity index is 404. The number of anilines is 1. The molecule has 88 valence electrons. The Morgan fingerprint density at radius 3 is 2.69 bits per heavy atom. The fraction of sp³-hybridized carbons (Fsp3) is 0.500. The highest BCUT2D eigenvalue weighted by Gasteiger charge is 2.18. The summed E-state index contributed by atoms with van der Waals surface area (Å²) in [4.78, 5) is 14.0. The zero-order chi connectivity index (χ0) is 12.3. The summed E-state index contributed by atoms with van der Waals surface area (Å²) in [6, 6.07) is 1.59. The Hall–Kier alpha value is -1.69.